The molecule has 0 unspecified atom stereocenters. The highest BCUT2D eigenvalue weighted by molar-refractivity contribution is 6.05. The topological polar surface area (TPSA) is 78.7 Å². The van der Waals surface area contributed by atoms with Crippen LogP contribution in [0.1, 0.15) is 19.8 Å². The average molecular weight is 396 g/mol. The Hall–Kier alpha value is -3.66. The van der Waals surface area contributed by atoms with Crippen molar-refractivity contribution in [3.8, 4) is 17.2 Å². The molecule has 0 N–H and O–H groups in total. The number of rotatable bonds is 3. The summed E-state index contributed by atoms with van der Waals surface area (Å²) >= 11 is 0. The molecule has 0 spiro atoms. The highest BCUT2D eigenvalue weighted by atomic mass is 16.2. The average Bonchev–Trinajstić information content (AvgIpc) is 3.23. The van der Waals surface area contributed by atoms with Crippen molar-refractivity contribution in [3.63, 3.8) is 0 Å². The van der Waals surface area contributed by atoms with E-state index in [0.29, 0.717) is 6.54 Å². The van der Waals surface area contributed by atoms with E-state index in [-0.39, 0.29) is 17.7 Å². The van der Waals surface area contributed by atoms with Gasteiger partial charge in [0.1, 0.15) is 11.1 Å². The van der Waals surface area contributed by atoms with E-state index in [1.54, 1.807) is 17.3 Å². The van der Waals surface area contributed by atoms with Gasteiger partial charge in [-0.3, -0.25) is 4.79 Å². The van der Waals surface area contributed by atoms with Crippen molar-refractivity contribution >= 4 is 22.8 Å². The molecule has 2 atom stereocenters. The van der Waals surface area contributed by atoms with Gasteiger partial charge in [0.15, 0.2) is 0 Å². The summed E-state index contributed by atoms with van der Waals surface area (Å²) < 4.78 is 3.79. The molecule has 2 fully saturated rings. The number of hydrogen-bond donors (Lipinski definition) is 0. The highest BCUT2D eigenvalue weighted by Crippen LogP contribution is 2.54. The minimum absolute atomic E-state index is 0.00814. The van der Waals surface area contributed by atoms with Crippen LogP contribution >= 0.6 is 0 Å². The van der Waals surface area contributed by atoms with E-state index >= 15 is 0 Å². The first kappa shape index (κ1) is 17.2. The standard InChI is InChI=1S/C23H20N6O/c1-15-11-28(22(30)23(15,14-24)18-3-4-18)19-6-7-26-29-13-17(10-20(19)29)16-2-5-21-25-8-9-27(21)12-16/h2,5-10,12-13,15,18H,3-4,11H2,1H3/t15-,23+/m1/s1. The number of pyridine rings is 1. The number of hydrogen-bond acceptors (Lipinski definition) is 4. The van der Waals surface area contributed by atoms with Crippen molar-refractivity contribution in [1.29, 1.82) is 5.26 Å². The van der Waals surface area contributed by atoms with Gasteiger partial charge in [-0.1, -0.05) is 6.92 Å². The number of carbonyl (C=O) groups is 1. The van der Waals surface area contributed by atoms with Gasteiger partial charge in [0, 0.05) is 54.6 Å². The van der Waals surface area contributed by atoms with Gasteiger partial charge >= 0.3 is 0 Å². The lowest BCUT2D eigenvalue weighted by molar-refractivity contribution is -0.124. The largest absolute Gasteiger partial charge is 0.309 e. The van der Waals surface area contributed by atoms with E-state index in [0.717, 1.165) is 40.8 Å². The molecular formula is C23H20N6O. The number of anilines is 1. The van der Waals surface area contributed by atoms with Crippen molar-refractivity contribution in [3.05, 3.63) is 55.2 Å². The Morgan fingerprint density at radius 1 is 1.17 bits per heavy atom. The van der Waals surface area contributed by atoms with Gasteiger partial charge in [0.05, 0.1) is 17.3 Å². The molecule has 148 valence electrons. The van der Waals surface area contributed by atoms with Crippen LogP contribution in [0.4, 0.5) is 5.69 Å². The number of imidazole rings is 1. The molecule has 1 saturated heterocycles. The minimum Gasteiger partial charge on any atom is -0.309 e. The predicted octanol–water partition coefficient (Wildman–Crippen LogP) is 3.55. The van der Waals surface area contributed by atoms with Crippen LogP contribution in [0.15, 0.2) is 55.2 Å². The van der Waals surface area contributed by atoms with Gasteiger partial charge in [-0.25, -0.2) is 9.50 Å². The summed E-state index contributed by atoms with van der Waals surface area (Å²) in [4.78, 5) is 19.5. The second-order valence-corrected chi connectivity index (χ2v) is 8.46. The second kappa shape index (κ2) is 5.92. The van der Waals surface area contributed by atoms with Crippen LogP contribution in [0.3, 0.4) is 0 Å². The summed E-state index contributed by atoms with van der Waals surface area (Å²) in [7, 11) is 0. The van der Waals surface area contributed by atoms with Crippen LogP contribution in [-0.2, 0) is 4.79 Å². The van der Waals surface area contributed by atoms with E-state index in [1.807, 2.05) is 52.6 Å². The molecule has 4 aromatic heterocycles. The molecule has 7 nitrogen and oxygen atoms in total. The Kier molecular flexibility index (Phi) is 3.40. The maximum atomic E-state index is 13.5. The Morgan fingerprint density at radius 3 is 2.83 bits per heavy atom. The Bertz CT molecular complexity index is 1360. The molecule has 7 heteroatoms. The van der Waals surface area contributed by atoms with Crippen LogP contribution in [0.2, 0.25) is 0 Å². The van der Waals surface area contributed by atoms with Crippen molar-refractivity contribution in [2.75, 3.05) is 11.4 Å². The van der Waals surface area contributed by atoms with Gasteiger partial charge in [-0.15, -0.1) is 0 Å². The fraction of sp³-hybridized carbons (Fsp3) is 0.304. The zero-order valence-corrected chi connectivity index (χ0v) is 16.6. The van der Waals surface area contributed by atoms with Gasteiger partial charge in [-0.05, 0) is 43.0 Å². The van der Waals surface area contributed by atoms with Crippen LogP contribution in [0, 0.1) is 28.6 Å². The van der Waals surface area contributed by atoms with E-state index in [9.17, 15) is 10.1 Å². The number of carbonyl (C=O) groups excluding carboxylic acids is 1. The molecular weight excluding hydrogens is 376 g/mol. The van der Waals surface area contributed by atoms with Gasteiger partial charge in [0.2, 0.25) is 5.91 Å². The summed E-state index contributed by atoms with van der Waals surface area (Å²) in [6, 6.07) is 10.4. The first-order chi connectivity index (χ1) is 14.6. The molecule has 1 aliphatic heterocycles. The second-order valence-electron chi connectivity index (χ2n) is 8.46. The summed E-state index contributed by atoms with van der Waals surface area (Å²) in [6.07, 6.45) is 11.3. The van der Waals surface area contributed by atoms with E-state index < -0.39 is 5.41 Å². The first-order valence-corrected chi connectivity index (χ1v) is 10.3. The number of aromatic nitrogens is 4. The lowest BCUT2D eigenvalue weighted by Gasteiger charge is -2.23. The molecule has 0 bridgehead atoms. The molecule has 5 heterocycles. The van der Waals surface area contributed by atoms with E-state index in [2.05, 4.69) is 22.2 Å². The lowest BCUT2D eigenvalue weighted by Crippen LogP contribution is -2.37. The summed E-state index contributed by atoms with van der Waals surface area (Å²) in [5, 5.41) is 14.4. The van der Waals surface area contributed by atoms with Crippen LogP contribution in [-0.4, -0.2) is 31.5 Å². The molecule has 2 aliphatic rings. The summed E-state index contributed by atoms with van der Waals surface area (Å²) in [6.45, 7) is 2.59. The highest BCUT2D eigenvalue weighted by Gasteiger charge is 2.61. The van der Waals surface area contributed by atoms with Gasteiger partial charge < -0.3 is 9.30 Å². The number of nitrogens with zero attached hydrogens (tertiary/aromatic N) is 6. The number of fused-ring (bicyclic) bond motifs is 2. The van der Waals surface area contributed by atoms with Crippen molar-refractivity contribution in [2.24, 2.45) is 17.3 Å². The fourth-order valence-electron chi connectivity index (χ4n) is 4.98. The minimum atomic E-state index is -0.887. The molecule has 6 rings (SSSR count). The third-order valence-electron chi connectivity index (χ3n) is 6.74. The van der Waals surface area contributed by atoms with Crippen molar-refractivity contribution in [1.82, 2.24) is 19.0 Å². The number of nitriles is 1. The van der Waals surface area contributed by atoms with Crippen LogP contribution in [0.5, 0.6) is 0 Å². The monoisotopic (exact) mass is 396 g/mol. The van der Waals surface area contributed by atoms with Crippen LogP contribution < -0.4 is 4.90 Å². The quantitative estimate of drug-likeness (QED) is 0.530. The maximum Gasteiger partial charge on any atom is 0.248 e. The zero-order valence-electron chi connectivity index (χ0n) is 16.6. The molecule has 1 saturated carbocycles. The third kappa shape index (κ3) is 2.22. The molecule has 4 aromatic rings. The SMILES string of the molecule is C[C@@H]1CN(c2ccnn3cc(-c4ccc5nccn5c4)cc23)C(=O)[C@]1(C#N)C1CC1. The molecule has 1 aliphatic carbocycles. The van der Waals surface area contributed by atoms with Crippen molar-refractivity contribution in [2.45, 2.75) is 19.8 Å². The summed E-state index contributed by atoms with van der Waals surface area (Å²) in [5.41, 5.74) is 3.74. The first-order valence-electron chi connectivity index (χ1n) is 10.3. The predicted molar refractivity (Wildman–Crippen MR) is 112 cm³/mol. The normalized spacial score (nSPS) is 24.1. The smallest absolute Gasteiger partial charge is 0.248 e. The van der Waals surface area contributed by atoms with Gasteiger partial charge in [0.25, 0.3) is 0 Å². The number of amides is 1. The Balaban J connectivity index is 1.45. The Labute approximate surface area is 173 Å². The zero-order chi connectivity index (χ0) is 20.5. The van der Waals surface area contributed by atoms with Crippen molar-refractivity contribution < 1.29 is 4.79 Å². The third-order valence-corrected chi connectivity index (χ3v) is 6.74. The lowest BCUT2D eigenvalue weighted by atomic mass is 9.75. The molecule has 1 amide bonds. The van der Waals surface area contributed by atoms with Crippen LogP contribution in [0.25, 0.3) is 22.3 Å². The molecule has 0 aromatic carbocycles. The Morgan fingerprint density at radius 2 is 2.03 bits per heavy atom. The van der Waals surface area contributed by atoms with E-state index in [1.165, 1.54) is 0 Å². The molecule has 30 heavy (non-hydrogen) atoms. The molecule has 0 radical (unpaired) electrons. The fourth-order valence-corrected chi connectivity index (χ4v) is 4.98. The maximum absolute atomic E-state index is 13.5. The van der Waals surface area contributed by atoms with Gasteiger partial charge in [-0.2, -0.15) is 10.4 Å². The summed E-state index contributed by atoms with van der Waals surface area (Å²) in [5.74, 6) is 0.140. The van der Waals surface area contributed by atoms with E-state index in [4.69, 9.17) is 0 Å².